The van der Waals surface area contributed by atoms with Crippen molar-refractivity contribution in [2.45, 2.75) is 0 Å². The van der Waals surface area contributed by atoms with Crippen molar-refractivity contribution in [2.24, 2.45) is 0 Å². The number of rotatable bonds is 7. The molecule has 4 aromatic rings. The van der Waals surface area contributed by atoms with E-state index >= 15 is 0 Å². The normalized spacial score (nSPS) is 10.6. The Balaban J connectivity index is 1.54. The summed E-state index contributed by atoms with van der Waals surface area (Å²) in [4.78, 5) is 41.2. The van der Waals surface area contributed by atoms with Crippen molar-refractivity contribution in [3.8, 4) is 11.5 Å². The second kappa shape index (κ2) is 8.77. The van der Waals surface area contributed by atoms with Gasteiger partial charge in [0.25, 0.3) is 11.7 Å². The van der Waals surface area contributed by atoms with E-state index in [4.69, 9.17) is 9.47 Å². The molecule has 0 saturated heterocycles. The number of para-hydroxylation sites is 1. The minimum atomic E-state index is -0.787. The molecular weight excluding hydrogens is 408 g/mol. The zero-order valence-electron chi connectivity index (χ0n) is 17.5. The number of hydrogen-bond donors (Lipinski definition) is 2. The second-order valence-corrected chi connectivity index (χ2v) is 7.01. The van der Waals surface area contributed by atoms with Crippen LogP contribution in [-0.2, 0) is 4.79 Å². The van der Waals surface area contributed by atoms with E-state index in [2.05, 4.69) is 10.3 Å². The van der Waals surface area contributed by atoms with Crippen LogP contribution in [0.1, 0.15) is 26.3 Å². The van der Waals surface area contributed by atoms with Gasteiger partial charge in [-0.1, -0.05) is 30.3 Å². The van der Waals surface area contributed by atoms with Gasteiger partial charge in [0.2, 0.25) is 0 Å². The molecule has 0 aliphatic rings. The maximum atomic E-state index is 12.9. The highest BCUT2D eigenvalue weighted by Crippen LogP contribution is 2.29. The largest absolute Gasteiger partial charge is 0.493 e. The maximum Gasteiger partial charge on any atom is 0.296 e. The number of fused-ring (bicyclic) bond motifs is 1. The van der Waals surface area contributed by atoms with Crippen molar-refractivity contribution in [3.05, 3.63) is 89.6 Å². The van der Waals surface area contributed by atoms with Gasteiger partial charge in [-0.05, 0) is 36.4 Å². The molecule has 0 unspecified atom stereocenters. The van der Waals surface area contributed by atoms with Gasteiger partial charge in [-0.3, -0.25) is 14.4 Å². The third-order valence-electron chi connectivity index (χ3n) is 5.07. The summed E-state index contributed by atoms with van der Waals surface area (Å²) in [5, 5.41) is 3.25. The number of H-pyrrole nitrogens is 1. The first-order valence-corrected chi connectivity index (χ1v) is 9.80. The molecule has 4 rings (SSSR count). The van der Waals surface area contributed by atoms with Crippen LogP contribution in [0.3, 0.4) is 0 Å². The molecule has 0 aliphatic carbocycles. The standard InChI is InChI=1S/C25H20N2O5/c1-31-21-11-10-16(13-22(21)32-2)23(28)15-6-5-7-17(12-15)27-25(30)24(29)19-14-26-20-9-4-3-8-18(19)20/h3-14,26H,1-2H3,(H,27,30). The number of hydrogen-bond acceptors (Lipinski definition) is 5. The SMILES string of the molecule is COc1ccc(C(=O)c2cccc(NC(=O)C(=O)c3c[nH]c4ccccc34)c2)cc1OC. The fourth-order valence-electron chi connectivity index (χ4n) is 3.45. The maximum absolute atomic E-state index is 12.9. The van der Waals surface area contributed by atoms with Gasteiger partial charge in [-0.25, -0.2) is 0 Å². The third kappa shape index (κ3) is 3.96. The van der Waals surface area contributed by atoms with Crippen LogP contribution in [0, 0.1) is 0 Å². The van der Waals surface area contributed by atoms with E-state index in [1.54, 1.807) is 48.5 Å². The van der Waals surface area contributed by atoms with Crippen molar-refractivity contribution >= 4 is 34.1 Å². The molecular formula is C25H20N2O5. The molecule has 7 nitrogen and oxygen atoms in total. The quantitative estimate of drug-likeness (QED) is 0.339. The van der Waals surface area contributed by atoms with E-state index < -0.39 is 11.7 Å². The Hall–Kier alpha value is -4.39. The number of carbonyl (C=O) groups is 3. The summed E-state index contributed by atoms with van der Waals surface area (Å²) in [7, 11) is 3.01. The molecule has 0 bridgehead atoms. The molecule has 32 heavy (non-hydrogen) atoms. The van der Waals surface area contributed by atoms with Gasteiger partial charge in [0.15, 0.2) is 17.3 Å². The lowest BCUT2D eigenvalue weighted by Gasteiger charge is -2.10. The number of methoxy groups -OCH3 is 2. The number of amides is 1. The lowest BCUT2D eigenvalue weighted by atomic mass is 10.0. The van der Waals surface area contributed by atoms with Crippen LogP contribution in [0.4, 0.5) is 5.69 Å². The Kier molecular flexibility index (Phi) is 5.72. The minimum Gasteiger partial charge on any atom is -0.493 e. The van der Waals surface area contributed by atoms with Crippen LogP contribution in [0.25, 0.3) is 10.9 Å². The van der Waals surface area contributed by atoms with Crippen LogP contribution in [0.5, 0.6) is 11.5 Å². The fraction of sp³-hybridized carbons (Fsp3) is 0.0800. The Morgan fingerprint density at radius 1 is 0.812 bits per heavy atom. The topological polar surface area (TPSA) is 97.5 Å². The minimum absolute atomic E-state index is 0.259. The molecule has 0 saturated carbocycles. The van der Waals surface area contributed by atoms with Crippen LogP contribution >= 0.6 is 0 Å². The summed E-state index contributed by atoms with van der Waals surface area (Å²) in [6.45, 7) is 0. The van der Waals surface area contributed by atoms with Crippen molar-refractivity contribution in [2.75, 3.05) is 19.5 Å². The van der Waals surface area contributed by atoms with Gasteiger partial charge in [0.1, 0.15) is 0 Å². The first-order valence-electron chi connectivity index (χ1n) is 9.80. The van der Waals surface area contributed by atoms with Crippen LogP contribution in [0.15, 0.2) is 72.9 Å². The van der Waals surface area contributed by atoms with Crippen molar-refractivity contribution in [1.29, 1.82) is 0 Å². The van der Waals surface area contributed by atoms with E-state index in [1.165, 1.54) is 26.5 Å². The van der Waals surface area contributed by atoms with Crippen LogP contribution in [0.2, 0.25) is 0 Å². The Morgan fingerprint density at radius 2 is 1.56 bits per heavy atom. The predicted octanol–water partition coefficient (Wildman–Crippen LogP) is 4.24. The Bertz CT molecular complexity index is 1340. The third-order valence-corrected chi connectivity index (χ3v) is 5.07. The summed E-state index contributed by atoms with van der Waals surface area (Å²) in [5.41, 5.74) is 2.16. The van der Waals surface area contributed by atoms with E-state index in [0.29, 0.717) is 33.7 Å². The molecule has 160 valence electrons. The molecule has 7 heteroatoms. The molecule has 0 radical (unpaired) electrons. The summed E-state index contributed by atoms with van der Waals surface area (Å²) in [6, 6.07) is 18.5. The smallest absolute Gasteiger partial charge is 0.296 e. The number of carbonyl (C=O) groups excluding carboxylic acids is 3. The second-order valence-electron chi connectivity index (χ2n) is 7.01. The molecule has 0 fully saturated rings. The van der Waals surface area contributed by atoms with Gasteiger partial charge >= 0.3 is 0 Å². The number of aromatic nitrogens is 1. The number of nitrogens with one attached hydrogen (secondary N) is 2. The Morgan fingerprint density at radius 3 is 2.34 bits per heavy atom. The highest BCUT2D eigenvalue weighted by atomic mass is 16.5. The molecule has 1 amide bonds. The Labute approximate surface area is 184 Å². The highest BCUT2D eigenvalue weighted by Gasteiger charge is 2.20. The average Bonchev–Trinajstić information content (AvgIpc) is 3.27. The zero-order valence-corrected chi connectivity index (χ0v) is 17.5. The average molecular weight is 428 g/mol. The first-order chi connectivity index (χ1) is 15.5. The summed E-state index contributed by atoms with van der Waals surface area (Å²) < 4.78 is 10.5. The van der Waals surface area contributed by atoms with Gasteiger partial charge in [-0.2, -0.15) is 0 Å². The number of benzene rings is 3. The molecule has 0 atom stereocenters. The molecule has 1 heterocycles. The summed E-state index contributed by atoms with van der Waals surface area (Å²) in [5.74, 6) is -0.762. The lowest BCUT2D eigenvalue weighted by Crippen LogP contribution is -2.22. The van der Waals surface area contributed by atoms with Crippen LogP contribution < -0.4 is 14.8 Å². The van der Waals surface area contributed by atoms with Gasteiger partial charge in [0.05, 0.1) is 19.8 Å². The van der Waals surface area contributed by atoms with Crippen molar-refractivity contribution < 1.29 is 23.9 Å². The van der Waals surface area contributed by atoms with E-state index in [9.17, 15) is 14.4 Å². The summed E-state index contributed by atoms with van der Waals surface area (Å²) in [6.07, 6.45) is 1.52. The van der Waals surface area contributed by atoms with Gasteiger partial charge < -0.3 is 19.8 Å². The molecule has 2 N–H and O–H groups in total. The molecule has 3 aromatic carbocycles. The molecule has 0 spiro atoms. The van der Waals surface area contributed by atoms with Gasteiger partial charge in [0, 0.05) is 33.9 Å². The van der Waals surface area contributed by atoms with E-state index in [0.717, 1.165) is 5.52 Å². The highest BCUT2D eigenvalue weighted by molar-refractivity contribution is 6.48. The number of anilines is 1. The van der Waals surface area contributed by atoms with E-state index in [1.807, 2.05) is 12.1 Å². The number of Topliss-reactive ketones (excluding diaryl/α,β-unsaturated/α-hetero) is 1. The number of aromatic amines is 1. The lowest BCUT2D eigenvalue weighted by molar-refractivity contribution is -0.112. The van der Waals surface area contributed by atoms with Crippen molar-refractivity contribution in [1.82, 2.24) is 4.98 Å². The predicted molar refractivity (Wildman–Crippen MR) is 121 cm³/mol. The zero-order chi connectivity index (χ0) is 22.7. The number of ketones is 2. The van der Waals surface area contributed by atoms with Crippen LogP contribution in [-0.4, -0.2) is 36.7 Å². The molecule has 1 aromatic heterocycles. The van der Waals surface area contributed by atoms with E-state index in [-0.39, 0.29) is 11.3 Å². The summed E-state index contributed by atoms with van der Waals surface area (Å²) >= 11 is 0. The van der Waals surface area contributed by atoms with Gasteiger partial charge in [-0.15, -0.1) is 0 Å². The first kappa shape index (κ1) is 20.9. The monoisotopic (exact) mass is 428 g/mol. The van der Waals surface area contributed by atoms with Crippen molar-refractivity contribution in [3.63, 3.8) is 0 Å². The molecule has 0 aliphatic heterocycles. The number of ether oxygens (including phenoxy) is 2. The fourth-order valence-corrected chi connectivity index (χ4v) is 3.45.